The first-order chi connectivity index (χ1) is 9.08. The second-order valence-corrected chi connectivity index (χ2v) is 6.58. The predicted octanol–water partition coefficient (Wildman–Crippen LogP) is 0.123. The normalized spacial score (nSPS) is 18.9. The van der Waals surface area contributed by atoms with Gasteiger partial charge in [0.25, 0.3) is 0 Å². The molecule has 104 valence electrons. The fourth-order valence-electron chi connectivity index (χ4n) is 1.94. The predicted molar refractivity (Wildman–Crippen MR) is 70.7 cm³/mol. The molecule has 1 aromatic rings. The Bertz CT molecular complexity index is 530. The van der Waals surface area contributed by atoms with Crippen LogP contribution in [-0.2, 0) is 21.4 Å². The molecule has 0 aliphatic carbocycles. The Balaban J connectivity index is 1.84. The van der Waals surface area contributed by atoms with Crippen molar-refractivity contribution in [2.75, 3.05) is 18.8 Å². The molecule has 1 amide bonds. The van der Waals surface area contributed by atoms with Crippen LogP contribution in [0.2, 0.25) is 0 Å². The highest BCUT2D eigenvalue weighted by atomic mass is 32.2. The smallest absolute Gasteiger partial charge is 0.235 e. The van der Waals surface area contributed by atoms with Gasteiger partial charge in [0.15, 0.2) is 0 Å². The molecule has 1 N–H and O–H groups in total. The van der Waals surface area contributed by atoms with Crippen molar-refractivity contribution in [2.45, 2.75) is 19.4 Å². The molecule has 1 aromatic heterocycles. The topological polar surface area (TPSA) is 79.4 Å². The van der Waals surface area contributed by atoms with E-state index in [1.54, 1.807) is 24.5 Å². The van der Waals surface area contributed by atoms with E-state index in [4.69, 9.17) is 0 Å². The Labute approximate surface area is 112 Å². The van der Waals surface area contributed by atoms with Crippen molar-refractivity contribution in [1.29, 1.82) is 0 Å². The minimum Gasteiger partial charge on any atom is -0.351 e. The van der Waals surface area contributed by atoms with Crippen molar-refractivity contribution >= 4 is 15.9 Å². The van der Waals surface area contributed by atoms with Gasteiger partial charge in [-0.2, -0.15) is 4.31 Å². The van der Waals surface area contributed by atoms with E-state index in [0.29, 0.717) is 19.5 Å². The molecular weight excluding hydrogens is 266 g/mol. The zero-order chi connectivity index (χ0) is 13.7. The number of sulfonamides is 1. The summed E-state index contributed by atoms with van der Waals surface area (Å²) < 4.78 is 24.7. The van der Waals surface area contributed by atoms with E-state index < -0.39 is 10.0 Å². The Morgan fingerprint density at radius 3 is 2.74 bits per heavy atom. The summed E-state index contributed by atoms with van der Waals surface area (Å²) in [5.41, 5.74) is 0.935. The van der Waals surface area contributed by atoms with Gasteiger partial charge in [0.1, 0.15) is 0 Å². The van der Waals surface area contributed by atoms with Crippen LogP contribution < -0.4 is 5.32 Å². The molecule has 0 bridgehead atoms. The van der Waals surface area contributed by atoms with Crippen LogP contribution in [0, 0.1) is 0 Å². The monoisotopic (exact) mass is 283 g/mol. The van der Waals surface area contributed by atoms with E-state index in [-0.39, 0.29) is 18.2 Å². The van der Waals surface area contributed by atoms with Crippen LogP contribution in [0.4, 0.5) is 0 Å². The molecule has 1 fully saturated rings. The fraction of sp³-hybridized carbons (Fsp3) is 0.500. The maximum Gasteiger partial charge on any atom is 0.235 e. The average Bonchev–Trinajstić information content (AvgIpc) is 2.40. The lowest BCUT2D eigenvalue weighted by molar-refractivity contribution is -0.121. The summed E-state index contributed by atoms with van der Waals surface area (Å²) in [5.74, 6) is -0.132. The van der Waals surface area contributed by atoms with Crippen LogP contribution in [0.25, 0.3) is 0 Å². The highest BCUT2D eigenvalue weighted by Crippen LogP contribution is 2.12. The van der Waals surface area contributed by atoms with Gasteiger partial charge < -0.3 is 5.32 Å². The molecular formula is C12H17N3O3S. The van der Waals surface area contributed by atoms with E-state index in [2.05, 4.69) is 10.3 Å². The Kier molecular flexibility index (Phi) is 4.49. The van der Waals surface area contributed by atoms with Crippen molar-refractivity contribution in [2.24, 2.45) is 0 Å². The van der Waals surface area contributed by atoms with Crippen molar-refractivity contribution < 1.29 is 13.2 Å². The lowest BCUT2D eigenvalue weighted by Gasteiger charge is -2.25. The molecule has 1 saturated heterocycles. The minimum absolute atomic E-state index is 0.0899. The van der Waals surface area contributed by atoms with Crippen molar-refractivity contribution in [3.63, 3.8) is 0 Å². The molecule has 19 heavy (non-hydrogen) atoms. The van der Waals surface area contributed by atoms with E-state index in [9.17, 15) is 13.2 Å². The molecule has 0 atom stereocenters. The third-order valence-electron chi connectivity index (χ3n) is 3.01. The third-order valence-corrected chi connectivity index (χ3v) is 4.92. The van der Waals surface area contributed by atoms with Crippen LogP contribution in [0.1, 0.15) is 18.4 Å². The lowest BCUT2D eigenvalue weighted by Crippen LogP contribution is -2.44. The molecule has 0 radical (unpaired) electrons. The number of nitrogens with one attached hydrogen (secondary N) is 1. The first kappa shape index (κ1) is 14.0. The maximum atomic E-state index is 11.7. The van der Waals surface area contributed by atoms with Crippen LogP contribution >= 0.6 is 0 Å². The Morgan fingerprint density at radius 2 is 2.05 bits per heavy atom. The summed E-state index contributed by atoms with van der Waals surface area (Å²) in [5, 5.41) is 2.71. The van der Waals surface area contributed by atoms with Crippen molar-refractivity contribution in [1.82, 2.24) is 14.6 Å². The molecule has 1 aliphatic rings. The zero-order valence-electron chi connectivity index (χ0n) is 10.6. The van der Waals surface area contributed by atoms with Gasteiger partial charge in [0.2, 0.25) is 15.9 Å². The zero-order valence-corrected chi connectivity index (χ0v) is 11.4. The number of carbonyl (C=O) groups is 1. The van der Waals surface area contributed by atoms with E-state index >= 15 is 0 Å². The first-order valence-electron chi connectivity index (χ1n) is 6.21. The first-order valence-corrected chi connectivity index (χ1v) is 7.82. The second kappa shape index (κ2) is 6.12. The van der Waals surface area contributed by atoms with E-state index in [1.165, 1.54) is 4.31 Å². The molecule has 0 spiro atoms. The van der Waals surface area contributed by atoms with Gasteiger partial charge in [-0.25, -0.2) is 8.42 Å². The molecule has 6 nitrogen and oxygen atoms in total. The van der Waals surface area contributed by atoms with Crippen LogP contribution in [0.3, 0.4) is 0 Å². The van der Waals surface area contributed by atoms with Crippen LogP contribution in [-0.4, -0.2) is 42.5 Å². The number of nitrogens with zero attached hydrogens (tertiary/aromatic N) is 2. The van der Waals surface area contributed by atoms with Crippen molar-refractivity contribution in [3.8, 4) is 0 Å². The van der Waals surface area contributed by atoms with Crippen molar-refractivity contribution in [3.05, 3.63) is 30.1 Å². The Hall–Kier alpha value is -1.47. The van der Waals surface area contributed by atoms with Crippen LogP contribution in [0.5, 0.6) is 0 Å². The number of rotatable bonds is 4. The molecule has 0 aromatic carbocycles. The highest BCUT2D eigenvalue weighted by Gasteiger charge is 2.27. The third kappa shape index (κ3) is 4.00. The van der Waals surface area contributed by atoms with Gasteiger partial charge in [-0.1, -0.05) is 0 Å². The van der Waals surface area contributed by atoms with Crippen LogP contribution in [0.15, 0.2) is 24.5 Å². The Morgan fingerprint density at radius 1 is 1.32 bits per heavy atom. The number of carbonyl (C=O) groups excluding carboxylic acids is 1. The number of amides is 1. The summed E-state index contributed by atoms with van der Waals surface area (Å²) in [6.07, 6.45) is 4.79. The van der Waals surface area contributed by atoms with Gasteiger partial charge in [0, 0.05) is 25.5 Å². The maximum absolute atomic E-state index is 11.7. The summed E-state index contributed by atoms with van der Waals surface area (Å²) in [6, 6.07) is 3.61. The molecule has 0 unspecified atom stereocenters. The molecule has 2 rings (SSSR count). The highest BCUT2D eigenvalue weighted by molar-refractivity contribution is 7.89. The molecule has 7 heteroatoms. The summed E-state index contributed by atoms with van der Waals surface area (Å²) in [4.78, 5) is 15.6. The summed E-state index contributed by atoms with van der Waals surface area (Å²) in [7, 11) is -3.24. The standard InChI is InChI=1S/C12H17N3O3S/c16-12(14-9-11-3-5-13-6-4-11)10-15-7-1-2-8-19(15,17)18/h3-6H,1-2,7-10H2,(H,14,16). The number of hydrogen-bond donors (Lipinski definition) is 1. The van der Waals surface area contributed by atoms with Gasteiger partial charge in [-0.05, 0) is 30.5 Å². The number of aromatic nitrogens is 1. The second-order valence-electron chi connectivity index (χ2n) is 4.49. The quantitative estimate of drug-likeness (QED) is 0.851. The fourth-order valence-corrected chi connectivity index (χ4v) is 3.48. The molecule has 2 heterocycles. The van der Waals surface area contributed by atoms with E-state index in [1.807, 2.05) is 0 Å². The van der Waals surface area contributed by atoms with Gasteiger partial charge in [-0.3, -0.25) is 9.78 Å². The number of pyridine rings is 1. The molecule has 1 aliphatic heterocycles. The molecule has 0 saturated carbocycles. The summed E-state index contributed by atoms with van der Waals surface area (Å²) in [6.45, 7) is 0.730. The van der Waals surface area contributed by atoms with Gasteiger partial charge in [0.05, 0.1) is 12.3 Å². The average molecular weight is 283 g/mol. The SMILES string of the molecule is O=C(CN1CCCCS1(=O)=O)NCc1ccncc1. The van der Waals surface area contributed by atoms with Gasteiger partial charge in [-0.15, -0.1) is 0 Å². The largest absolute Gasteiger partial charge is 0.351 e. The number of hydrogen-bond acceptors (Lipinski definition) is 4. The summed E-state index contributed by atoms with van der Waals surface area (Å²) >= 11 is 0. The van der Waals surface area contributed by atoms with Gasteiger partial charge >= 0.3 is 0 Å². The lowest BCUT2D eigenvalue weighted by atomic mass is 10.3. The minimum atomic E-state index is -3.24. The van der Waals surface area contributed by atoms with E-state index in [0.717, 1.165) is 12.0 Å².